The maximum atomic E-state index is 12.5. The summed E-state index contributed by atoms with van der Waals surface area (Å²) in [6.45, 7) is 4.23. The number of carbonyl (C=O) groups is 5. The molecule has 10 nitrogen and oxygen atoms in total. The number of ether oxygens (including phenoxy) is 3. The lowest BCUT2D eigenvalue weighted by molar-refractivity contribution is -0.155. The normalized spacial score (nSPS) is 11.3. The lowest BCUT2D eigenvalue weighted by Crippen LogP contribution is -2.31. The van der Waals surface area contributed by atoms with E-state index in [2.05, 4.69) is 10.6 Å². The third-order valence-electron chi connectivity index (χ3n) is 3.95. The fraction of sp³-hybridized carbons (Fsp3) is 0.450. The summed E-state index contributed by atoms with van der Waals surface area (Å²) >= 11 is 11.7. The highest BCUT2D eigenvalue weighted by atomic mass is 127. The predicted octanol–water partition coefficient (Wildman–Crippen LogP) is 4.07. The fourth-order valence-electron chi connectivity index (χ4n) is 2.55. The lowest BCUT2D eigenvalue weighted by Gasteiger charge is -2.22. The van der Waals surface area contributed by atoms with Crippen LogP contribution in [0.3, 0.4) is 0 Å². The standard InChI is InChI=1S/C20H22ClI3N2O8/c1-4-32-13(30)6-5-12(29)26-19-16(23)14(20(21)31)15(22)18(17(19)24)25-7-11(34-10(3)28)8-33-9(2)27/h11,25H,4-8H2,1-3H3,(H,26,29). The molecule has 0 spiro atoms. The fourth-order valence-corrected chi connectivity index (χ4v) is 7.36. The molecule has 0 saturated carbocycles. The van der Waals surface area contributed by atoms with Crippen molar-refractivity contribution >= 4 is 120 Å². The molecule has 0 radical (unpaired) electrons. The molecule has 1 aromatic carbocycles. The summed E-state index contributed by atoms with van der Waals surface area (Å²) in [5.74, 6) is -2.03. The Morgan fingerprint density at radius 2 is 1.53 bits per heavy atom. The first-order valence-electron chi connectivity index (χ1n) is 9.79. The summed E-state index contributed by atoms with van der Waals surface area (Å²) in [6.07, 6.45) is -1.00. The molecule has 1 rings (SSSR count). The van der Waals surface area contributed by atoms with Gasteiger partial charge in [0.1, 0.15) is 6.61 Å². The van der Waals surface area contributed by atoms with Gasteiger partial charge in [-0.25, -0.2) is 0 Å². The molecular weight excluding hydrogens is 812 g/mol. The quantitative estimate of drug-likeness (QED) is 0.138. The first kappa shape index (κ1) is 31.1. The third-order valence-corrected chi connectivity index (χ3v) is 7.38. The summed E-state index contributed by atoms with van der Waals surface area (Å²) in [5, 5.41) is 5.09. The Morgan fingerprint density at radius 1 is 0.912 bits per heavy atom. The van der Waals surface area contributed by atoms with Crippen LogP contribution < -0.4 is 10.6 Å². The number of benzene rings is 1. The van der Waals surface area contributed by atoms with E-state index in [-0.39, 0.29) is 38.2 Å². The van der Waals surface area contributed by atoms with Gasteiger partial charge in [-0.1, -0.05) is 0 Å². The smallest absolute Gasteiger partial charge is 0.306 e. The van der Waals surface area contributed by atoms with Crippen LogP contribution in [0.4, 0.5) is 11.4 Å². The van der Waals surface area contributed by atoms with Crippen LogP contribution in [0.5, 0.6) is 0 Å². The van der Waals surface area contributed by atoms with Crippen LogP contribution in [0.25, 0.3) is 0 Å². The molecule has 0 bridgehead atoms. The average molecular weight is 835 g/mol. The second-order valence-corrected chi connectivity index (χ2v) is 10.2. The summed E-state index contributed by atoms with van der Waals surface area (Å²) in [7, 11) is 0. The van der Waals surface area contributed by atoms with E-state index in [1.807, 2.05) is 67.8 Å². The van der Waals surface area contributed by atoms with E-state index < -0.39 is 35.2 Å². The Balaban J connectivity index is 3.23. The zero-order chi connectivity index (χ0) is 26.0. The number of nitrogens with one attached hydrogen (secondary N) is 2. The molecule has 0 saturated heterocycles. The van der Waals surface area contributed by atoms with Crippen LogP contribution in [0.2, 0.25) is 0 Å². The van der Waals surface area contributed by atoms with Gasteiger partial charge in [-0.05, 0) is 86.3 Å². The second-order valence-electron chi connectivity index (χ2n) is 6.61. The first-order valence-corrected chi connectivity index (χ1v) is 13.4. The SMILES string of the molecule is CCOC(=O)CCC(=O)Nc1c(I)c(NCC(COC(C)=O)OC(C)=O)c(I)c(C(=O)Cl)c1I. The van der Waals surface area contributed by atoms with Crippen LogP contribution in [-0.4, -0.2) is 54.9 Å². The number of halogens is 4. The van der Waals surface area contributed by atoms with Gasteiger partial charge in [-0.3, -0.25) is 24.0 Å². The van der Waals surface area contributed by atoms with E-state index in [0.717, 1.165) is 0 Å². The number of esters is 3. The Hall–Kier alpha value is -0.950. The van der Waals surface area contributed by atoms with Gasteiger partial charge >= 0.3 is 17.9 Å². The number of anilines is 2. The molecule has 0 aliphatic rings. The highest BCUT2D eigenvalue weighted by Gasteiger charge is 2.26. The van der Waals surface area contributed by atoms with Gasteiger partial charge in [0, 0.05) is 20.3 Å². The average Bonchev–Trinajstić information content (AvgIpc) is 2.72. The van der Waals surface area contributed by atoms with Crippen LogP contribution >= 0.6 is 79.4 Å². The molecule has 0 aliphatic heterocycles. The molecule has 0 fully saturated rings. The number of carbonyl (C=O) groups excluding carboxylic acids is 5. The molecule has 1 unspecified atom stereocenters. The van der Waals surface area contributed by atoms with Crippen molar-refractivity contribution in [3.8, 4) is 0 Å². The zero-order valence-electron chi connectivity index (χ0n) is 18.4. The van der Waals surface area contributed by atoms with Crippen molar-refractivity contribution in [2.45, 2.75) is 39.7 Å². The molecule has 34 heavy (non-hydrogen) atoms. The van der Waals surface area contributed by atoms with Gasteiger partial charge in [0.2, 0.25) is 5.91 Å². The van der Waals surface area contributed by atoms with Gasteiger partial charge in [0.25, 0.3) is 5.24 Å². The molecule has 2 N–H and O–H groups in total. The Bertz CT molecular complexity index is 974. The topological polar surface area (TPSA) is 137 Å². The summed E-state index contributed by atoms with van der Waals surface area (Å²) in [6, 6.07) is 0. The summed E-state index contributed by atoms with van der Waals surface area (Å²) < 4.78 is 16.4. The monoisotopic (exact) mass is 834 g/mol. The van der Waals surface area contributed by atoms with Gasteiger partial charge in [0.05, 0.1) is 47.2 Å². The van der Waals surface area contributed by atoms with E-state index in [1.54, 1.807) is 6.92 Å². The molecule has 14 heteroatoms. The van der Waals surface area contributed by atoms with Gasteiger partial charge in [-0.2, -0.15) is 0 Å². The van der Waals surface area contributed by atoms with E-state index in [0.29, 0.717) is 22.1 Å². The molecule has 0 heterocycles. The van der Waals surface area contributed by atoms with Crippen molar-refractivity contribution < 1.29 is 38.2 Å². The maximum Gasteiger partial charge on any atom is 0.306 e. The minimum atomic E-state index is -0.801. The van der Waals surface area contributed by atoms with Crippen molar-refractivity contribution in [1.29, 1.82) is 0 Å². The van der Waals surface area contributed by atoms with E-state index in [4.69, 9.17) is 25.8 Å². The first-order chi connectivity index (χ1) is 15.9. The Labute approximate surface area is 242 Å². The van der Waals surface area contributed by atoms with Crippen LogP contribution in [0, 0.1) is 10.7 Å². The van der Waals surface area contributed by atoms with Crippen molar-refractivity contribution in [2.75, 3.05) is 30.4 Å². The largest absolute Gasteiger partial charge is 0.466 e. The molecule has 0 aromatic heterocycles. The Morgan fingerprint density at radius 3 is 2.06 bits per heavy atom. The van der Waals surface area contributed by atoms with Crippen molar-refractivity contribution in [2.24, 2.45) is 0 Å². The minimum Gasteiger partial charge on any atom is -0.466 e. The van der Waals surface area contributed by atoms with Crippen LogP contribution in [-0.2, 0) is 33.4 Å². The molecule has 1 amide bonds. The predicted molar refractivity (Wildman–Crippen MR) is 150 cm³/mol. The number of amides is 1. The molecule has 1 aromatic rings. The summed E-state index contributed by atoms with van der Waals surface area (Å²) in [4.78, 5) is 58.7. The van der Waals surface area contributed by atoms with Gasteiger partial charge < -0.3 is 24.8 Å². The minimum absolute atomic E-state index is 0.0472. The number of hydrogen-bond acceptors (Lipinski definition) is 9. The van der Waals surface area contributed by atoms with Crippen LogP contribution in [0.15, 0.2) is 0 Å². The van der Waals surface area contributed by atoms with Crippen LogP contribution in [0.1, 0.15) is 44.0 Å². The van der Waals surface area contributed by atoms with E-state index in [9.17, 15) is 24.0 Å². The Kier molecular flexibility index (Phi) is 13.9. The molecule has 0 aliphatic carbocycles. The van der Waals surface area contributed by atoms with Crippen molar-refractivity contribution in [3.05, 3.63) is 16.3 Å². The zero-order valence-corrected chi connectivity index (χ0v) is 25.6. The number of rotatable bonds is 12. The molecular formula is C20H22ClI3N2O8. The van der Waals surface area contributed by atoms with Crippen molar-refractivity contribution in [3.63, 3.8) is 0 Å². The van der Waals surface area contributed by atoms with Gasteiger partial charge in [0.15, 0.2) is 6.10 Å². The van der Waals surface area contributed by atoms with E-state index in [1.165, 1.54) is 13.8 Å². The highest BCUT2D eigenvalue weighted by Crippen LogP contribution is 2.39. The summed E-state index contributed by atoms with van der Waals surface area (Å²) in [5.41, 5.74) is 0.979. The number of hydrogen-bond donors (Lipinski definition) is 2. The third kappa shape index (κ3) is 9.96. The highest BCUT2D eigenvalue weighted by molar-refractivity contribution is 14.1. The lowest BCUT2D eigenvalue weighted by atomic mass is 10.1. The molecule has 1 atom stereocenters. The van der Waals surface area contributed by atoms with Gasteiger partial charge in [-0.15, -0.1) is 0 Å². The maximum absolute atomic E-state index is 12.5. The van der Waals surface area contributed by atoms with Crippen molar-refractivity contribution in [1.82, 2.24) is 0 Å². The second kappa shape index (κ2) is 15.2. The van der Waals surface area contributed by atoms with E-state index >= 15 is 0 Å². The molecule has 188 valence electrons.